The van der Waals surface area contributed by atoms with Crippen LogP contribution in [0.4, 0.5) is 0 Å². The summed E-state index contributed by atoms with van der Waals surface area (Å²) in [4.78, 5) is 36.6. The van der Waals surface area contributed by atoms with E-state index in [0.717, 1.165) is 19.1 Å². The van der Waals surface area contributed by atoms with Crippen LogP contribution in [0.25, 0.3) is 0 Å². The van der Waals surface area contributed by atoms with Crippen LogP contribution in [0, 0.1) is 11.3 Å². The minimum atomic E-state index is -1.52. The standard InChI is InChI=1S/C20H26O7/c1-6-10(2)16(22)25-15(14-12(4)17(23)26-18(14)24)19(5)11(3)7-8-13-20(19,9-21)27-13/h6,9,11,13,15,18,24H,7-8H2,1-5H3/b10-6-/t11-,13+,15+,18-,19-,20+/m0/s1. The molecule has 1 N–H and O–H groups in total. The van der Waals surface area contributed by atoms with E-state index in [1.807, 2.05) is 13.8 Å². The molecule has 0 spiro atoms. The van der Waals surface area contributed by atoms with E-state index in [-0.39, 0.29) is 23.2 Å². The van der Waals surface area contributed by atoms with Crippen LogP contribution in [-0.2, 0) is 28.6 Å². The Kier molecular flexibility index (Phi) is 4.80. The van der Waals surface area contributed by atoms with E-state index >= 15 is 0 Å². The molecule has 0 radical (unpaired) electrons. The molecule has 0 aromatic carbocycles. The molecule has 0 aromatic rings. The number of hydrogen-bond acceptors (Lipinski definition) is 7. The molecular formula is C20H26O7. The molecule has 3 aliphatic rings. The molecule has 2 heterocycles. The molecule has 0 bridgehead atoms. The highest BCUT2D eigenvalue weighted by atomic mass is 16.6. The number of aliphatic hydroxyl groups excluding tert-OH is 1. The summed E-state index contributed by atoms with van der Waals surface area (Å²) in [6.07, 6.45) is 1.09. The summed E-state index contributed by atoms with van der Waals surface area (Å²) >= 11 is 0. The van der Waals surface area contributed by atoms with Crippen molar-refractivity contribution in [3.63, 3.8) is 0 Å². The monoisotopic (exact) mass is 378 g/mol. The van der Waals surface area contributed by atoms with Crippen LogP contribution in [0.5, 0.6) is 0 Å². The fourth-order valence-corrected chi connectivity index (χ4v) is 4.44. The molecule has 1 saturated heterocycles. The number of esters is 2. The molecule has 6 atom stereocenters. The Hall–Kier alpha value is -1.99. The highest BCUT2D eigenvalue weighted by Crippen LogP contribution is 2.63. The molecule has 3 rings (SSSR count). The van der Waals surface area contributed by atoms with E-state index in [0.29, 0.717) is 5.57 Å². The van der Waals surface area contributed by atoms with Crippen LogP contribution in [0.1, 0.15) is 47.5 Å². The van der Waals surface area contributed by atoms with Gasteiger partial charge in [0.25, 0.3) is 0 Å². The second-order valence-electron chi connectivity index (χ2n) is 7.87. The Labute approximate surface area is 158 Å². The fourth-order valence-electron chi connectivity index (χ4n) is 4.44. The third-order valence-corrected chi connectivity index (χ3v) is 6.69. The number of fused-ring (bicyclic) bond motifs is 1. The van der Waals surface area contributed by atoms with Gasteiger partial charge in [-0.1, -0.05) is 19.9 Å². The molecule has 2 fully saturated rings. The van der Waals surface area contributed by atoms with Crippen molar-refractivity contribution in [3.8, 4) is 0 Å². The van der Waals surface area contributed by atoms with E-state index in [2.05, 4.69) is 0 Å². The highest BCUT2D eigenvalue weighted by Gasteiger charge is 2.74. The molecule has 27 heavy (non-hydrogen) atoms. The number of allylic oxidation sites excluding steroid dienone is 1. The zero-order valence-corrected chi connectivity index (χ0v) is 16.3. The van der Waals surface area contributed by atoms with Crippen LogP contribution >= 0.6 is 0 Å². The van der Waals surface area contributed by atoms with Gasteiger partial charge >= 0.3 is 11.9 Å². The summed E-state index contributed by atoms with van der Waals surface area (Å²) < 4.78 is 16.5. The number of cyclic esters (lactones) is 1. The predicted molar refractivity (Wildman–Crippen MR) is 94.3 cm³/mol. The van der Waals surface area contributed by atoms with Gasteiger partial charge in [0.2, 0.25) is 6.29 Å². The Bertz CT molecular complexity index is 751. The molecular weight excluding hydrogens is 352 g/mol. The number of rotatable bonds is 5. The predicted octanol–water partition coefficient (Wildman–Crippen LogP) is 1.83. The van der Waals surface area contributed by atoms with Crippen molar-refractivity contribution in [2.24, 2.45) is 11.3 Å². The van der Waals surface area contributed by atoms with E-state index in [4.69, 9.17) is 14.2 Å². The van der Waals surface area contributed by atoms with Gasteiger partial charge in [-0.15, -0.1) is 0 Å². The van der Waals surface area contributed by atoms with Crippen LogP contribution < -0.4 is 0 Å². The van der Waals surface area contributed by atoms with Gasteiger partial charge in [-0.3, -0.25) is 4.79 Å². The lowest BCUT2D eigenvalue weighted by Gasteiger charge is -2.47. The van der Waals surface area contributed by atoms with Crippen molar-refractivity contribution >= 4 is 18.2 Å². The number of hydrogen-bond donors (Lipinski definition) is 1. The van der Waals surface area contributed by atoms with Crippen molar-refractivity contribution in [3.05, 3.63) is 22.8 Å². The largest absolute Gasteiger partial charge is 0.453 e. The smallest absolute Gasteiger partial charge is 0.336 e. The number of carbonyl (C=O) groups excluding carboxylic acids is 3. The lowest BCUT2D eigenvalue weighted by Crippen LogP contribution is -2.57. The van der Waals surface area contributed by atoms with Crippen molar-refractivity contribution < 1.29 is 33.7 Å². The zero-order chi connectivity index (χ0) is 20.1. The highest BCUT2D eigenvalue weighted by molar-refractivity contribution is 5.92. The first kappa shape index (κ1) is 19.8. The second-order valence-corrected chi connectivity index (χ2v) is 7.87. The molecule has 2 aliphatic heterocycles. The maximum Gasteiger partial charge on any atom is 0.336 e. The first-order valence-corrected chi connectivity index (χ1v) is 9.21. The van der Waals surface area contributed by atoms with Gasteiger partial charge < -0.3 is 19.3 Å². The first-order valence-electron chi connectivity index (χ1n) is 9.21. The molecule has 7 nitrogen and oxygen atoms in total. The normalized spacial score (nSPS) is 39.6. The third kappa shape index (κ3) is 2.67. The first-order chi connectivity index (χ1) is 12.6. The maximum absolute atomic E-state index is 12.6. The minimum Gasteiger partial charge on any atom is -0.453 e. The molecule has 0 unspecified atom stereocenters. The molecule has 0 aromatic heterocycles. The summed E-state index contributed by atoms with van der Waals surface area (Å²) in [7, 11) is 0. The molecule has 7 heteroatoms. The van der Waals surface area contributed by atoms with Crippen molar-refractivity contribution in [1.82, 2.24) is 0 Å². The third-order valence-electron chi connectivity index (χ3n) is 6.69. The van der Waals surface area contributed by atoms with Gasteiger partial charge in [-0.05, 0) is 39.5 Å². The van der Waals surface area contributed by atoms with E-state index in [9.17, 15) is 19.5 Å². The van der Waals surface area contributed by atoms with Gasteiger partial charge in [0.1, 0.15) is 6.10 Å². The number of aldehydes is 1. The Morgan fingerprint density at radius 1 is 1.41 bits per heavy atom. The van der Waals surface area contributed by atoms with Gasteiger partial charge in [0.05, 0.1) is 6.10 Å². The number of ether oxygens (including phenoxy) is 3. The van der Waals surface area contributed by atoms with Crippen molar-refractivity contribution in [2.75, 3.05) is 0 Å². The van der Waals surface area contributed by atoms with Crippen molar-refractivity contribution in [1.29, 1.82) is 0 Å². The molecule has 1 saturated carbocycles. The number of epoxide rings is 1. The van der Waals surface area contributed by atoms with Gasteiger partial charge in [0, 0.05) is 22.1 Å². The summed E-state index contributed by atoms with van der Waals surface area (Å²) in [5.74, 6) is -1.30. The Morgan fingerprint density at radius 2 is 2.07 bits per heavy atom. The topological polar surface area (TPSA) is 102 Å². The second kappa shape index (κ2) is 6.56. The lowest BCUT2D eigenvalue weighted by atomic mass is 9.57. The van der Waals surface area contributed by atoms with E-state index in [1.165, 1.54) is 6.92 Å². The molecule has 1 aliphatic carbocycles. The van der Waals surface area contributed by atoms with E-state index in [1.54, 1.807) is 19.9 Å². The zero-order valence-electron chi connectivity index (χ0n) is 16.3. The lowest BCUT2D eigenvalue weighted by molar-refractivity contribution is -0.164. The molecule has 0 amide bonds. The van der Waals surface area contributed by atoms with Gasteiger partial charge in [0.15, 0.2) is 11.9 Å². The van der Waals surface area contributed by atoms with Gasteiger partial charge in [-0.2, -0.15) is 0 Å². The maximum atomic E-state index is 12.6. The van der Waals surface area contributed by atoms with E-state index < -0.39 is 35.3 Å². The SMILES string of the molecule is C/C=C(/C)C(=O)O[C@H](C1=C(C)C(=O)O[C@@H]1O)[C@]1(C)[C@@H](C)CC[C@H]2O[C@]21C=O. The summed E-state index contributed by atoms with van der Waals surface area (Å²) in [5.41, 5.74) is -1.30. The summed E-state index contributed by atoms with van der Waals surface area (Å²) in [6, 6.07) is 0. The average Bonchev–Trinajstić information content (AvgIpc) is 3.33. The number of aliphatic hydroxyl groups is 1. The fraction of sp³-hybridized carbons (Fsp3) is 0.650. The molecule has 148 valence electrons. The van der Waals surface area contributed by atoms with Crippen LogP contribution in [0.15, 0.2) is 22.8 Å². The average molecular weight is 378 g/mol. The summed E-state index contributed by atoms with van der Waals surface area (Å²) in [6.45, 7) is 8.64. The van der Waals surface area contributed by atoms with Crippen LogP contribution in [0.3, 0.4) is 0 Å². The van der Waals surface area contributed by atoms with Gasteiger partial charge in [-0.25, -0.2) is 9.59 Å². The Morgan fingerprint density at radius 3 is 2.59 bits per heavy atom. The number of carbonyl (C=O) groups is 3. The van der Waals surface area contributed by atoms with Crippen LogP contribution in [0.2, 0.25) is 0 Å². The van der Waals surface area contributed by atoms with Crippen LogP contribution in [-0.4, -0.2) is 47.4 Å². The summed E-state index contributed by atoms with van der Waals surface area (Å²) in [5, 5.41) is 10.4. The Balaban J connectivity index is 2.13. The quantitative estimate of drug-likeness (QED) is 0.337. The minimum absolute atomic E-state index is 0.0617. The van der Waals surface area contributed by atoms with Crippen molar-refractivity contribution in [2.45, 2.75) is 71.6 Å².